The first-order chi connectivity index (χ1) is 25.4. The van der Waals surface area contributed by atoms with Crippen LogP contribution in [-0.4, -0.2) is 112 Å². The highest BCUT2D eigenvalue weighted by atomic mass is 16.6. The highest BCUT2D eigenvalue weighted by Gasteiger charge is 2.28. The van der Waals surface area contributed by atoms with Crippen molar-refractivity contribution in [1.82, 2.24) is 31.5 Å². The Kier molecular flexibility index (Phi) is 16.4. The Morgan fingerprint density at radius 3 is 2.15 bits per heavy atom. The van der Waals surface area contributed by atoms with Crippen molar-refractivity contribution in [3.63, 3.8) is 0 Å². The maximum Gasteiger partial charge on any atom is 0.332 e. The summed E-state index contributed by atoms with van der Waals surface area (Å²) in [6.45, 7) is -1.02. The van der Waals surface area contributed by atoms with E-state index in [0.717, 1.165) is 4.90 Å². The summed E-state index contributed by atoms with van der Waals surface area (Å²) in [6.07, 6.45) is 1.02. The molecule has 1 aliphatic heterocycles. The number of hydrogen-bond donors (Lipinski definition) is 5. The van der Waals surface area contributed by atoms with Gasteiger partial charge in [0.2, 0.25) is 29.5 Å². The molecule has 0 aliphatic carbocycles. The average Bonchev–Trinajstić information content (AvgIpc) is 3.40. The third-order valence-electron chi connectivity index (χ3n) is 7.47. The van der Waals surface area contributed by atoms with Crippen molar-refractivity contribution < 1.29 is 57.3 Å². The molecule has 1 aliphatic rings. The standard InChI is InChI=1S/C35H42N6O12/c1-22-13-32(46)41(35(22)49)12-11-28(42)36-16-29(43)37-18-31(45)40-26(14-23-7-5-4-6-8-23)34(48)38-17-30(44)39-21-52-20-33(47)53-19-24-9-10-25(50-2)15-27(24)51-3/h4-10,13,15,26H,11-12,14,16-21H2,1-3H3,(H,36,42)(H,37,43)(H,38,48)(H,39,44)(H,40,45)/t26-/m0/s1. The number of carbonyl (C=O) groups is 8. The van der Waals surface area contributed by atoms with E-state index in [1.54, 1.807) is 48.5 Å². The summed E-state index contributed by atoms with van der Waals surface area (Å²) in [5, 5.41) is 12.0. The molecule has 18 nitrogen and oxygen atoms in total. The Morgan fingerprint density at radius 2 is 1.47 bits per heavy atom. The van der Waals surface area contributed by atoms with Crippen LogP contribution in [0.15, 0.2) is 60.2 Å². The number of esters is 1. The fraction of sp³-hybridized carbons (Fsp3) is 0.371. The van der Waals surface area contributed by atoms with Gasteiger partial charge >= 0.3 is 5.97 Å². The molecule has 0 aromatic heterocycles. The van der Waals surface area contributed by atoms with Crippen molar-refractivity contribution in [2.75, 3.05) is 53.7 Å². The first-order valence-electron chi connectivity index (χ1n) is 16.3. The molecule has 284 valence electrons. The number of methoxy groups -OCH3 is 2. The molecular weight excluding hydrogens is 696 g/mol. The van der Waals surface area contributed by atoms with Crippen molar-refractivity contribution >= 4 is 47.3 Å². The van der Waals surface area contributed by atoms with E-state index < -0.39 is 79.6 Å². The van der Waals surface area contributed by atoms with Gasteiger partial charge in [0, 0.05) is 42.7 Å². The number of rotatable bonds is 21. The van der Waals surface area contributed by atoms with Crippen molar-refractivity contribution in [2.45, 2.75) is 32.4 Å². The van der Waals surface area contributed by atoms with E-state index in [9.17, 15) is 38.4 Å². The number of ether oxygens (including phenoxy) is 4. The molecular formula is C35H42N6O12. The largest absolute Gasteiger partial charge is 0.497 e. The lowest BCUT2D eigenvalue weighted by molar-refractivity contribution is -0.151. The van der Waals surface area contributed by atoms with Crippen molar-refractivity contribution in [2.24, 2.45) is 0 Å². The van der Waals surface area contributed by atoms with Crippen LogP contribution in [0.5, 0.6) is 11.5 Å². The van der Waals surface area contributed by atoms with Gasteiger partial charge in [0.1, 0.15) is 37.5 Å². The molecule has 5 N–H and O–H groups in total. The first kappa shape index (κ1) is 41.1. The van der Waals surface area contributed by atoms with Gasteiger partial charge < -0.3 is 45.5 Å². The molecule has 7 amide bonds. The van der Waals surface area contributed by atoms with E-state index in [2.05, 4.69) is 26.6 Å². The second-order valence-corrected chi connectivity index (χ2v) is 11.4. The van der Waals surface area contributed by atoms with Crippen LogP contribution in [0.25, 0.3) is 0 Å². The van der Waals surface area contributed by atoms with Gasteiger partial charge in [0.15, 0.2) is 0 Å². The summed E-state index contributed by atoms with van der Waals surface area (Å²) in [7, 11) is 2.98. The minimum atomic E-state index is -1.13. The van der Waals surface area contributed by atoms with Gasteiger partial charge in [-0.15, -0.1) is 0 Å². The number of imide groups is 1. The fourth-order valence-corrected chi connectivity index (χ4v) is 4.67. The van der Waals surface area contributed by atoms with Crippen molar-refractivity contribution in [1.29, 1.82) is 0 Å². The van der Waals surface area contributed by atoms with Crippen LogP contribution >= 0.6 is 0 Å². The molecule has 1 heterocycles. The van der Waals surface area contributed by atoms with E-state index in [4.69, 9.17) is 18.9 Å². The Labute approximate surface area is 304 Å². The first-order valence-corrected chi connectivity index (χ1v) is 16.3. The predicted molar refractivity (Wildman–Crippen MR) is 185 cm³/mol. The Morgan fingerprint density at radius 1 is 0.792 bits per heavy atom. The molecule has 3 rings (SSSR count). The number of hydrogen-bond acceptors (Lipinski definition) is 12. The van der Waals surface area contributed by atoms with Gasteiger partial charge in [-0.05, 0) is 24.6 Å². The number of nitrogens with zero attached hydrogens (tertiary/aromatic N) is 1. The molecule has 0 unspecified atom stereocenters. The molecule has 0 spiro atoms. The highest BCUT2D eigenvalue weighted by molar-refractivity contribution is 6.16. The van der Waals surface area contributed by atoms with Crippen LogP contribution in [0, 0.1) is 0 Å². The molecule has 18 heteroatoms. The molecule has 2 aromatic rings. The van der Waals surface area contributed by atoms with Gasteiger partial charge in [0.25, 0.3) is 11.8 Å². The zero-order chi connectivity index (χ0) is 38.8. The maximum absolute atomic E-state index is 13.0. The fourth-order valence-electron chi connectivity index (χ4n) is 4.67. The smallest absolute Gasteiger partial charge is 0.332 e. The number of benzene rings is 2. The summed E-state index contributed by atoms with van der Waals surface area (Å²) in [6, 6.07) is 12.7. The zero-order valence-electron chi connectivity index (χ0n) is 29.5. The number of amides is 7. The Bertz CT molecular complexity index is 1700. The molecule has 0 radical (unpaired) electrons. The van der Waals surface area contributed by atoms with E-state index >= 15 is 0 Å². The lowest BCUT2D eigenvalue weighted by Gasteiger charge is -2.19. The minimum Gasteiger partial charge on any atom is -0.497 e. The molecule has 0 saturated heterocycles. The lowest BCUT2D eigenvalue weighted by atomic mass is 10.1. The highest BCUT2D eigenvalue weighted by Crippen LogP contribution is 2.25. The van der Waals surface area contributed by atoms with Gasteiger partial charge in [-0.2, -0.15) is 0 Å². The van der Waals surface area contributed by atoms with Crippen LogP contribution in [0.1, 0.15) is 24.5 Å². The number of nitrogens with one attached hydrogen (secondary N) is 5. The topological polar surface area (TPSA) is 237 Å². The van der Waals surface area contributed by atoms with Crippen LogP contribution in [0.4, 0.5) is 0 Å². The van der Waals surface area contributed by atoms with Crippen LogP contribution in [-0.2, 0) is 60.9 Å². The van der Waals surface area contributed by atoms with Crippen LogP contribution in [0.3, 0.4) is 0 Å². The molecule has 53 heavy (non-hydrogen) atoms. The Balaban J connectivity index is 1.36. The van der Waals surface area contributed by atoms with Gasteiger partial charge in [0.05, 0.1) is 33.9 Å². The van der Waals surface area contributed by atoms with Gasteiger partial charge in [-0.25, -0.2) is 4.79 Å². The predicted octanol–water partition coefficient (Wildman–Crippen LogP) is -1.38. The summed E-state index contributed by atoms with van der Waals surface area (Å²) in [5.74, 6) is -3.98. The normalized spacial score (nSPS) is 12.6. The quantitative estimate of drug-likeness (QED) is 0.0431. The monoisotopic (exact) mass is 738 g/mol. The SMILES string of the molecule is COc1ccc(COC(=O)COCNC(=O)CNC(=O)[C@H](Cc2ccccc2)NC(=O)CNC(=O)CNC(=O)CCN2C(=O)C=C(C)C2=O)c(OC)c1. The van der Waals surface area contributed by atoms with E-state index in [-0.39, 0.29) is 38.3 Å². The van der Waals surface area contributed by atoms with E-state index in [0.29, 0.717) is 22.6 Å². The lowest BCUT2D eigenvalue weighted by Crippen LogP contribution is -2.52. The molecule has 1 atom stereocenters. The molecule has 0 saturated carbocycles. The van der Waals surface area contributed by atoms with E-state index in [1.165, 1.54) is 27.2 Å². The van der Waals surface area contributed by atoms with Crippen LogP contribution < -0.4 is 36.1 Å². The third-order valence-corrected chi connectivity index (χ3v) is 7.47. The summed E-state index contributed by atoms with van der Waals surface area (Å²) in [5.41, 5.74) is 1.58. The summed E-state index contributed by atoms with van der Waals surface area (Å²) >= 11 is 0. The van der Waals surface area contributed by atoms with Gasteiger partial charge in [-0.3, -0.25) is 38.5 Å². The minimum absolute atomic E-state index is 0.0642. The molecule has 0 fully saturated rings. The summed E-state index contributed by atoms with van der Waals surface area (Å²) < 4.78 is 20.7. The molecule has 0 bridgehead atoms. The number of carbonyl (C=O) groups excluding carboxylic acids is 8. The Hall–Kier alpha value is -6.30. The van der Waals surface area contributed by atoms with Crippen LogP contribution in [0.2, 0.25) is 0 Å². The second kappa shape index (κ2) is 21.2. The van der Waals surface area contributed by atoms with Crippen molar-refractivity contribution in [3.8, 4) is 11.5 Å². The van der Waals surface area contributed by atoms with E-state index in [1.807, 2.05) is 0 Å². The zero-order valence-corrected chi connectivity index (χ0v) is 29.5. The summed E-state index contributed by atoms with van der Waals surface area (Å²) in [4.78, 5) is 99.0. The average molecular weight is 739 g/mol. The van der Waals surface area contributed by atoms with Gasteiger partial charge in [-0.1, -0.05) is 30.3 Å². The van der Waals surface area contributed by atoms with Crippen molar-refractivity contribution in [3.05, 3.63) is 71.3 Å². The maximum atomic E-state index is 13.0. The second-order valence-electron chi connectivity index (χ2n) is 11.4. The third kappa shape index (κ3) is 14.1. The molecule has 2 aromatic carbocycles.